The number of aromatic amines is 1. The molecule has 0 radical (unpaired) electrons. The lowest BCUT2D eigenvalue weighted by atomic mass is 10.1. The van der Waals surface area contributed by atoms with Crippen LogP contribution in [-0.4, -0.2) is 33.0 Å². The van der Waals surface area contributed by atoms with Crippen LogP contribution in [-0.2, 0) is 0 Å². The molecule has 40 heavy (non-hydrogen) atoms. The predicted octanol–water partition coefficient (Wildman–Crippen LogP) is 7.96. The topological polar surface area (TPSA) is 81.8 Å². The highest BCUT2D eigenvalue weighted by atomic mass is 15.1. The van der Waals surface area contributed by atoms with Crippen LogP contribution in [0.15, 0.2) is 91.3 Å². The molecule has 3 N–H and O–H groups in total. The van der Waals surface area contributed by atoms with Crippen molar-refractivity contribution in [3.8, 4) is 11.4 Å². The normalized spacial score (nSPS) is 13.6. The SMILES string of the molecule is Cc1cc(Nc2ccc3[nH]c(-c4ccc(Nc5ccnc6ccc(N7CCCCC7)cc56)cc4)nc3c2)ccn1. The van der Waals surface area contributed by atoms with Gasteiger partial charge in [-0.05, 0) is 105 Å². The van der Waals surface area contributed by atoms with Gasteiger partial charge in [-0.3, -0.25) is 9.97 Å². The molecule has 0 atom stereocenters. The molecule has 3 aromatic heterocycles. The van der Waals surface area contributed by atoms with Crippen molar-refractivity contribution in [2.24, 2.45) is 0 Å². The summed E-state index contributed by atoms with van der Waals surface area (Å²) in [5, 5.41) is 8.19. The van der Waals surface area contributed by atoms with Crippen LogP contribution in [0, 0.1) is 6.92 Å². The van der Waals surface area contributed by atoms with E-state index in [4.69, 9.17) is 4.98 Å². The molecule has 6 aromatic rings. The smallest absolute Gasteiger partial charge is 0.138 e. The van der Waals surface area contributed by atoms with E-state index in [1.54, 1.807) is 0 Å². The molecule has 0 bridgehead atoms. The summed E-state index contributed by atoms with van der Waals surface area (Å²) < 4.78 is 0. The highest BCUT2D eigenvalue weighted by Gasteiger charge is 2.13. The van der Waals surface area contributed by atoms with E-state index in [2.05, 4.69) is 91.1 Å². The van der Waals surface area contributed by atoms with Crippen molar-refractivity contribution in [1.82, 2.24) is 19.9 Å². The number of hydrogen-bond donors (Lipinski definition) is 3. The standard InChI is InChI=1S/C33H31N7/c1-22-19-26(13-15-34-22)36-25-9-11-31-32(20-25)39-33(38-31)23-5-7-24(8-6-23)37-30-14-16-35-29-12-10-27(21-28(29)30)40-17-3-2-4-18-40/h5-16,19-21H,2-4,17-18H2,1H3,(H,34,36)(H,35,37)(H,38,39). The number of rotatable bonds is 6. The molecule has 0 spiro atoms. The third-order valence-electron chi connectivity index (χ3n) is 7.55. The van der Waals surface area contributed by atoms with Crippen molar-refractivity contribution in [2.45, 2.75) is 26.2 Å². The van der Waals surface area contributed by atoms with Crippen LogP contribution in [0.2, 0.25) is 0 Å². The Bertz CT molecular complexity index is 1800. The van der Waals surface area contributed by atoms with Gasteiger partial charge in [0.05, 0.1) is 16.6 Å². The molecule has 7 nitrogen and oxygen atoms in total. The lowest BCUT2D eigenvalue weighted by Crippen LogP contribution is -2.29. The number of nitrogens with zero attached hydrogens (tertiary/aromatic N) is 4. The highest BCUT2D eigenvalue weighted by Crippen LogP contribution is 2.31. The van der Waals surface area contributed by atoms with Crippen molar-refractivity contribution in [3.63, 3.8) is 0 Å². The molecule has 198 valence electrons. The number of H-pyrrole nitrogens is 1. The largest absolute Gasteiger partial charge is 0.372 e. The monoisotopic (exact) mass is 525 g/mol. The van der Waals surface area contributed by atoms with E-state index in [1.807, 2.05) is 37.5 Å². The number of imidazole rings is 1. The third kappa shape index (κ3) is 4.94. The number of fused-ring (bicyclic) bond motifs is 2. The van der Waals surface area contributed by atoms with Crippen LogP contribution >= 0.6 is 0 Å². The summed E-state index contributed by atoms with van der Waals surface area (Å²) in [5.74, 6) is 0.846. The number of piperidine rings is 1. The Morgan fingerprint density at radius 2 is 1.50 bits per heavy atom. The molecule has 7 heteroatoms. The first kappa shape index (κ1) is 24.2. The quantitative estimate of drug-likeness (QED) is 0.205. The Labute approximate surface area is 233 Å². The molecule has 0 unspecified atom stereocenters. The molecule has 0 aliphatic carbocycles. The fourth-order valence-corrected chi connectivity index (χ4v) is 5.47. The summed E-state index contributed by atoms with van der Waals surface area (Å²) in [4.78, 5) is 19.7. The van der Waals surface area contributed by atoms with Crippen LogP contribution in [0.1, 0.15) is 25.0 Å². The Kier molecular flexibility index (Phi) is 6.24. The molecule has 0 saturated carbocycles. The van der Waals surface area contributed by atoms with Crippen molar-refractivity contribution in [3.05, 3.63) is 97.0 Å². The van der Waals surface area contributed by atoms with Gasteiger partial charge in [-0.15, -0.1) is 0 Å². The van der Waals surface area contributed by atoms with Gasteiger partial charge in [-0.2, -0.15) is 0 Å². The van der Waals surface area contributed by atoms with Crippen molar-refractivity contribution < 1.29 is 0 Å². The highest BCUT2D eigenvalue weighted by molar-refractivity contribution is 5.95. The van der Waals surface area contributed by atoms with Crippen LogP contribution in [0.3, 0.4) is 0 Å². The molecule has 1 fully saturated rings. The molecule has 0 amide bonds. The van der Waals surface area contributed by atoms with E-state index >= 15 is 0 Å². The van der Waals surface area contributed by atoms with Gasteiger partial charge in [0.2, 0.25) is 0 Å². The molecule has 4 heterocycles. The van der Waals surface area contributed by atoms with E-state index in [0.717, 1.165) is 74.9 Å². The van der Waals surface area contributed by atoms with Crippen LogP contribution in [0.5, 0.6) is 0 Å². The number of aryl methyl sites for hydroxylation is 1. The number of benzene rings is 3. The second-order valence-electron chi connectivity index (χ2n) is 10.4. The summed E-state index contributed by atoms with van der Waals surface area (Å²) in [7, 11) is 0. The van der Waals surface area contributed by atoms with E-state index in [9.17, 15) is 0 Å². The molecular weight excluding hydrogens is 494 g/mol. The van der Waals surface area contributed by atoms with Crippen LogP contribution in [0.4, 0.5) is 28.4 Å². The van der Waals surface area contributed by atoms with E-state index in [1.165, 1.54) is 24.9 Å². The second kappa shape index (κ2) is 10.3. The van der Waals surface area contributed by atoms with Gasteiger partial charge < -0.3 is 20.5 Å². The van der Waals surface area contributed by atoms with E-state index in [-0.39, 0.29) is 0 Å². The van der Waals surface area contributed by atoms with Gasteiger partial charge in [0.1, 0.15) is 5.82 Å². The lowest BCUT2D eigenvalue weighted by molar-refractivity contribution is 0.578. The Balaban J connectivity index is 1.11. The van der Waals surface area contributed by atoms with Crippen molar-refractivity contribution in [1.29, 1.82) is 0 Å². The third-order valence-corrected chi connectivity index (χ3v) is 7.55. The van der Waals surface area contributed by atoms with Gasteiger partial charge >= 0.3 is 0 Å². The molecular formula is C33H31N7. The fraction of sp³-hybridized carbons (Fsp3) is 0.182. The molecule has 1 aliphatic heterocycles. The lowest BCUT2D eigenvalue weighted by Gasteiger charge is -2.29. The average Bonchev–Trinajstić information content (AvgIpc) is 3.42. The number of pyridine rings is 2. The number of nitrogens with one attached hydrogen (secondary N) is 3. The van der Waals surface area contributed by atoms with Crippen LogP contribution in [0.25, 0.3) is 33.3 Å². The molecule has 3 aromatic carbocycles. The van der Waals surface area contributed by atoms with Gasteiger partial charge in [0.15, 0.2) is 0 Å². The maximum Gasteiger partial charge on any atom is 0.138 e. The van der Waals surface area contributed by atoms with Crippen LogP contribution < -0.4 is 15.5 Å². The first-order chi connectivity index (χ1) is 19.7. The van der Waals surface area contributed by atoms with Crippen molar-refractivity contribution >= 4 is 50.4 Å². The zero-order chi connectivity index (χ0) is 26.9. The maximum atomic E-state index is 4.87. The first-order valence-electron chi connectivity index (χ1n) is 13.9. The summed E-state index contributed by atoms with van der Waals surface area (Å²) >= 11 is 0. The second-order valence-corrected chi connectivity index (χ2v) is 10.4. The van der Waals surface area contributed by atoms with E-state index in [0.29, 0.717) is 0 Å². The average molecular weight is 526 g/mol. The minimum atomic E-state index is 0.846. The maximum absolute atomic E-state index is 4.87. The first-order valence-corrected chi connectivity index (χ1v) is 13.9. The molecule has 1 saturated heterocycles. The summed E-state index contributed by atoms with van der Waals surface area (Å²) in [6.07, 6.45) is 7.53. The van der Waals surface area contributed by atoms with Gasteiger partial charge in [-0.1, -0.05) is 0 Å². The fourth-order valence-electron chi connectivity index (χ4n) is 5.47. The summed E-state index contributed by atoms with van der Waals surface area (Å²) in [5.41, 5.74) is 10.3. The Morgan fingerprint density at radius 1 is 0.700 bits per heavy atom. The zero-order valence-electron chi connectivity index (χ0n) is 22.5. The Hall–Kier alpha value is -4.91. The van der Waals surface area contributed by atoms with Crippen molar-refractivity contribution in [2.75, 3.05) is 28.6 Å². The van der Waals surface area contributed by atoms with E-state index < -0.39 is 0 Å². The Morgan fingerprint density at radius 3 is 2.35 bits per heavy atom. The zero-order valence-corrected chi connectivity index (χ0v) is 22.5. The summed E-state index contributed by atoms with van der Waals surface area (Å²) in [6.45, 7) is 4.24. The minimum Gasteiger partial charge on any atom is -0.372 e. The number of aromatic nitrogens is 4. The summed E-state index contributed by atoms with van der Waals surface area (Å²) in [6, 6.07) is 27.2. The van der Waals surface area contributed by atoms with Gasteiger partial charge in [0, 0.05) is 70.6 Å². The van der Waals surface area contributed by atoms with Gasteiger partial charge in [0.25, 0.3) is 0 Å². The molecule has 7 rings (SSSR count). The van der Waals surface area contributed by atoms with Gasteiger partial charge in [-0.25, -0.2) is 4.98 Å². The number of anilines is 5. The molecule has 1 aliphatic rings. The number of hydrogen-bond acceptors (Lipinski definition) is 6. The predicted molar refractivity (Wildman–Crippen MR) is 165 cm³/mol. The minimum absolute atomic E-state index is 0.846.